The smallest absolute Gasteiger partial charge is 0.276 e. The number of nitrogens with one attached hydrogen (secondary N) is 3. The van der Waals surface area contributed by atoms with E-state index in [1.807, 2.05) is 6.92 Å². The third-order valence-electron chi connectivity index (χ3n) is 3.52. The van der Waals surface area contributed by atoms with Gasteiger partial charge in [-0.1, -0.05) is 22.0 Å². The van der Waals surface area contributed by atoms with Gasteiger partial charge in [0.15, 0.2) is 11.7 Å². The molecule has 2 aromatic rings. The molecule has 2 amide bonds. The number of amides is 2. The fourth-order valence-electron chi connectivity index (χ4n) is 2.14. The first-order chi connectivity index (χ1) is 14.5. The number of benzene rings is 2. The Labute approximate surface area is 188 Å². The molecule has 0 spiro atoms. The number of carbonyl (C=O) groups excluding carboxylic acids is 2. The van der Waals surface area contributed by atoms with E-state index in [0.717, 1.165) is 4.47 Å². The summed E-state index contributed by atoms with van der Waals surface area (Å²) in [6.45, 7) is 3.15. The number of thiocarbonyl (C=S) groups is 1. The Morgan fingerprint density at radius 2 is 1.77 bits per heavy atom. The Balaban J connectivity index is 1.72. The van der Waals surface area contributed by atoms with Crippen LogP contribution in [0.25, 0.3) is 0 Å². The summed E-state index contributed by atoms with van der Waals surface area (Å²) >= 11 is 8.34. The molecule has 3 N–H and O–H groups in total. The molecular formula is C20H22BrN3O5S. The average Bonchev–Trinajstić information content (AvgIpc) is 2.75. The molecule has 0 aliphatic heterocycles. The van der Waals surface area contributed by atoms with Crippen LogP contribution in [0.15, 0.2) is 53.0 Å². The van der Waals surface area contributed by atoms with Gasteiger partial charge in [-0.25, -0.2) is 0 Å². The van der Waals surface area contributed by atoms with Crippen LogP contribution in [0.2, 0.25) is 0 Å². The zero-order chi connectivity index (χ0) is 21.8. The van der Waals surface area contributed by atoms with E-state index in [2.05, 4.69) is 32.1 Å². The normalized spacial score (nSPS) is 10.1. The molecule has 0 atom stereocenters. The van der Waals surface area contributed by atoms with Crippen LogP contribution < -0.4 is 25.6 Å². The third kappa shape index (κ3) is 8.76. The molecule has 0 fully saturated rings. The van der Waals surface area contributed by atoms with E-state index in [4.69, 9.17) is 26.4 Å². The van der Waals surface area contributed by atoms with E-state index in [1.165, 1.54) is 0 Å². The molecule has 8 nitrogen and oxygen atoms in total. The minimum Gasteiger partial charge on any atom is -0.491 e. The van der Waals surface area contributed by atoms with Gasteiger partial charge in [0.05, 0.1) is 6.61 Å². The van der Waals surface area contributed by atoms with Crippen molar-refractivity contribution in [2.75, 3.05) is 26.4 Å². The summed E-state index contributed by atoms with van der Waals surface area (Å²) in [6.07, 6.45) is 0. The van der Waals surface area contributed by atoms with Crippen molar-refractivity contribution in [1.82, 2.24) is 16.2 Å². The maximum atomic E-state index is 12.3. The summed E-state index contributed by atoms with van der Waals surface area (Å²) in [5.41, 5.74) is 5.17. The Hall–Kier alpha value is -2.69. The molecule has 0 saturated heterocycles. The number of hydrogen-bond donors (Lipinski definition) is 3. The Morgan fingerprint density at radius 1 is 1.00 bits per heavy atom. The molecule has 30 heavy (non-hydrogen) atoms. The highest BCUT2D eigenvalue weighted by Gasteiger charge is 2.10. The van der Waals surface area contributed by atoms with Gasteiger partial charge in [-0.15, -0.1) is 0 Å². The highest BCUT2D eigenvalue weighted by atomic mass is 79.9. The van der Waals surface area contributed by atoms with E-state index >= 15 is 0 Å². The molecule has 2 aromatic carbocycles. The largest absolute Gasteiger partial charge is 0.491 e. The molecular weight excluding hydrogens is 474 g/mol. The zero-order valence-corrected chi connectivity index (χ0v) is 18.7. The Morgan fingerprint density at radius 3 is 2.50 bits per heavy atom. The van der Waals surface area contributed by atoms with Crippen LogP contribution in [0.4, 0.5) is 0 Å². The Bertz CT molecular complexity index is 864. The number of hydrazine groups is 1. The van der Waals surface area contributed by atoms with Crippen molar-refractivity contribution < 1.29 is 23.8 Å². The van der Waals surface area contributed by atoms with Gasteiger partial charge in [-0.2, -0.15) is 0 Å². The second kappa shape index (κ2) is 12.8. The predicted molar refractivity (Wildman–Crippen MR) is 119 cm³/mol. The van der Waals surface area contributed by atoms with Crippen LogP contribution in [0.5, 0.6) is 11.5 Å². The first-order valence-electron chi connectivity index (χ1n) is 9.07. The van der Waals surface area contributed by atoms with Crippen LogP contribution in [-0.2, 0) is 9.53 Å². The summed E-state index contributed by atoms with van der Waals surface area (Å²) < 4.78 is 17.0. The van der Waals surface area contributed by atoms with Crippen LogP contribution in [0.3, 0.4) is 0 Å². The van der Waals surface area contributed by atoms with E-state index < -0.39 is 11.8 Å². The van der Waals surface area contributed by atoms with Gasteiger partial charge in [0.1, 0.15) is 18.1 Å². The molecule has 0 aliphatic carbocycles. The van der Waals surface area contributed by atoms with Gasteiger partial charge in [-0.3, -0.25) is 25.8 Å². The van der Waals surface area contributed by atoms with Crippen molar-refractivity contribution in [3.05, 3.63) is 58.6 Å². The van der Waals surface area contributed by atoms with Crippen LogP contribution in [-0.4, -0.2) is 43.4 Å². The molecule has 0 unspecified atom stereocenters. The maximum absolute atomic E-state index is 12.3. The molecule has 160 valence electrons. The van der Waals surface area contributed by atoms with Crippen molar-refractivity contribution in [1.29, 1.82) is 0 Å². The molecule has 2 rings (SSSR count). The van der Waals surface area contributed by atoms with Crippen molar-refractivity contribution >= 4 is 45.1 Å². The van der Waals surface area contributed by atoms with Crippen LogP contribution in [0, 0.1) is 0 Å². The topological polar surface area (TPSA) is 97.9 Å². The number of carbonyl (C=O) groups is 2. The zero-order valence-electron chi connectivity index (χ0n) is 16.3. The summed E-state index contributed by atoms with van der Waals surface area (Å²) in [6, 6.07) is 13.7. The molecule has 10 heteroatoms. The lowest BCUT2D eigenvalue weighted by Crippen LogP contribution is -2.49. The van der Waals surface area contributed by atoms with Crippen LogP contribution >= 0.6 is 28.1 Å². The highest BCUT2D eigenvalue weighted by Crippen LogP contribution is 2.16. The first-order valence-corrected chi connectivity index (χ1v) is 10.3. The number of halogens is 1. The second-order valence-electron chi connectivity index (χ2n) is 5.77. The fraction of sp³-hybridized carbons (Fsp3) is 0.250. The minimum atomic E-state index is -0.459. The summed E-state index contributed by atoms with van der Waals surface area (Å²) in [7, 11) is 0. The second-order valence-corrected chi connectivity index (χ2v) is 7.10. The fourth-order valence-corrected chi connectivity index (χ4v) is 2.55. The van der Waals surface area contributed by atoms with Gasteiger partial charge in [0, 0.05) is 16.6 Å². The van der Waals surface area contributed by atoms with Gasteiger partial charge in [-0.05, 0) is 61.6 Å². The number of hydrogen-bond acceptors (Lipinski definition) is 6. The molecule has 0 aromatic heterocycles. The highest BCUT2D eigenvalue weighted by molar-refractivity contribution is 9.10. The third-order valence-corrected chi connectivity index (χ3v) is 4.26. The van der Waals surface area contributed by atoms with E-state index in [0.29, 0.717) is 36.9 Å². The van der Waals surface area contributed by atoms with E-state index in [9.17, 15) is 9.59 Å². The first kappa shape index (κ1) is 23.6. The molecule has 0 heterocycles. The van der Waals surface area contributed by atoms with Crippen molar-refractivity contribution in [2.24, 2.45) is 0 Å². The molecule has 0 radical (unpaired) electrons. The van der Waals surface area contributed by atoms with Gasteiger partial charge in [0.25, 0.3) is 11.8 Å². The lowest BCUT2D eigenvalue weighted by atomic mass is 10.2. The van der Waals surface area contributed by atoms with Crippen molar-refractivity contribution in [3.8, 4) is 11.5 Å². The monoisotopic (exact) mass is 495 g/mol. The summed E-state index contributed by atoms with van der Waals surface area (Å²) in [4.78, 5) is 24.1. The number of ether oxygens (including phenoxy) is 3. The predicted octanol–water partition coefficient (Wildman–Crippen LogP) is 2.58. The minimum absolute atomic E-state index is 0.0559. The lowest BCUT2D eigenvalue weighted by molar-refractivity contribution is -0.123. The molecule has 0 saturated carbocycles. The maximum Gasteiger partial charge on any atom is 0.276 e. The van der Waals surface area contributed by atoms with E-state index in [1.54, 1.807) is 48.5 Å². The molecule has 0 aliphatic rings. The summed E-state index contributed by atoms with van der Waals surface area (Å²) in [5, 5.41) is 2.42. The van der Waals surface area contributed by atoms with Crippen molar-refractivity contribution in [2.45, 2.75) is 6.92 Å². The van der Waals surface area contributed by atoms with Gasteiger partial charge >= 0.3 is 0 Å². The molecule has 0 bridgehead atoms. The van der Waals surface area contributed by atoms with Crippen molar-refractivity contribution in [3.63, 3.8) is 0 Å². The van der Waals surface area contributed by atoms with Crippen LogP contribution in [0.1, 0.15) is 17.3 Å². The SMILES string of the molecule is CCOCCOc1cccc(C(=O)NC(=S)NNC(=O)COc2ccc(Br)cc2)c1. The summed E-state index contributed by atoms with van der Waals surface area (Å²) in [5.74, 6) is 0.189. The van der Waals surface area contributed by atoms with E-state index in [-0.39, 0.29) is 11.7 Å². The van der Waals surface area contributed by atoms with Gasteiger partial charge < -0.3 is 14.2 Å². The Kier molecular flexibility index (Phi) is 10.1. The number of rotatable bonds is 9. The quantitative estimate of drug-likeness (QED) is 0.279. The van der Waals surface area contributed by atoms with Gasteiger partial charge in [0.2, 0.25) is 0 Å². The lowest BCUT2D eigenvalue weighted by Gasteiger charge is -2.12. The standard InChI is InChI=1S/C20H22BrN3O5S/c1-2-27-10-11-28-17-5-3-4-14(12-17)19(26)22-20(30)24-23-18(25)13-29-16-8-6-15(21)7-9-16/h3-9,12H,2,10-11,13H2,1H3,(H,23,25)(H2,22,24,26,30). The average molecular weight is 496 g/mol.